The molecule has 0 aromatic heterocycles. The van der Waals surface area contributed by atoms with E-state index in [9.17, 15) is 4.79 Å². The van der Waals surface area contributed by atoms with Crippen molar-refractivity contribution in [3.8, 4) is 0 Å². The number of hydrogen-bond donors (Lipinski definition) is 1. The molecular formula is C10H21NO4. The predicted molar refractivity (Wildman–Crippen MR) is 56.5 cm³/mol. The summed E-state index contributed by atoms with van der Waals surface area (Å²) >= 11 is 0. The second kappa shape index (κ2) is 9.89. The van der Waals surface area contributed by atoms with Gasteiger partial charge in [0.1, 0.15) is 6.04 Å². The third-order valence-electron chi connectivity index (χ3n) is 1.85. The summed E-state index contributed by atoms with van der Waals surface area (Å²) in [6, 6.07) is -0.501. The molecule has 0 amide bonds. The van der Waals surface area contributed by atoms with Crippen molar-refractivity contribution in [2.45, 2.75) is 25.8 Å². The summed E-state index contributed by atoms with van der Waals surface area (Å²) in [5.41, 5.74) is 5.47. The Bertz CT molecular complexity index is 164. The minimum Gasteiger partial charge on any atom is -0.464 e. The molecular weight excluding hydrogens is 198 g/mol. The normalized spacial score (nSPS) is 12.5. The molecule has 0 rings (SSSR count). The Morgan fingerprint density at radius 3 is 2.60 bits per heavy atom. The number of carbonyl (C=O) groups is 1. The van der Waals surface area contributed by atoms with E-state index in [-0.39, 0.29) is 5.97 Å². The highest BCUT2D eigenvalue weighted by Crippen LogP contribution is 1.92. The van der Waals surface area contributed by atoms with Crippen LogP contribution in [0.1, 0.15) is 19.8 Å². The number of rotatable bonds is 9. The molecule has 1 unspecified atom stereocenters. The van der Waals surface area contributed by atoms with E-state index >= 15 is 0 Å². The second-order valence-electron chi connectivity index (χ2n) is 3.14. The zero-order valence-corrected chi connectivity index (χ0v) is 9.53. The van der Waals surface area contributed by atoms with Gasteiger partial charge >= 0.3 is 5.97 Å². The SMILES string of the molecule is CCC(N)C(=O)OCCCOCCOC. The van der Waals surface area contributed by atoms with Crippen LogP contribution in [0.25, 0.3) is 0 Å². The van der Waals surface area contributed by atoms with Gasteiger partial charge in [0.2, 0.25) is 0 Å². The van der Waals surface area contributed by atoms with Crippen LogP contribution in [0.5, 0.6) is 0 Å². The minimum absolute atomic E-state index is 0.339. The zero-order chi connectivity index (χ0) is 11.5. The summed E-state index contributed by atoms with van der Waals surface area (Å²) in [4.78, 5) is 11.1. The average molecular weight is 219 g/mol. The molecule has 0 spiro atoms. The molecule has 0 fully saturated rings. The lowest BCUT2D eigenvalue weighted by Crippen LogP contribution is -2.31. The maximum absolute atomic E-state index is 11.1. The van der Waals surface area contributed by atoms with Crippen LogP contribution in [-0.4, -0.2) is 45.5 Å². The number of methoxy groups -OCH3 is 1. The molecule has 0 bridgehead atoms. The highest BCUT2D eigenvalue weighted by molar-refractivity contribution is 5.75. The van der Waals surface area contributed by atoms with Crippen molar-refractivity contribution in [2.24, 2.45) is 5.73 Å². The van der Waals surface area contributed by atoms with Crippen LogP contribution in [0.15, 0.2) is 0 Å². The highest BCUT2D eigenvalue weighted by atomic mass is 16.5. The van der Waals surface area contributed by atoms with E-state index in [0.717, 1.165) is 0 Å². The van der Waals surface area contributed by atoms with E-state index in [0.29, 0.717) is 39.3 Å². The van der Waals surface area contributed by atoms with Gasteiger partial charge in [0.05, 0.1) is 19.8 Å². The van der Waals surface area contributed by atoms with Crippen molar-refractivity contribution in [3.05, 3.63) is 0 Å². The maximum atomic E-state index is 11.1. The van der Waals surface area contributed by atoms with E-state index in [1.54, 1.807) is 7.11 Å². The molecule has 0 heterocycles. The quantitative estimate of drug-likeness (QED) is 0.446. The first-order chi connectivity index (χ1) is 7.22. The van der Waals surface area contributed by atoms with Gasteiger partial charge in [0.15, 0.2) is 0 Å². The summed E-state index contributed by atoms with van der Waals surface area (Å²) in [5.74, 6) is -0.339. The van der Waals surface area contributed by atoms with Crippen LogP contribution >= 0.6 is 0 Å². The van der Waals surface area contributed by atoms with E-state index in [4.69, 9.17) is 19.9 Å². The van der Waals surface area contributed by atoms with Gasteiger partial charge in [-0.25, -0.2) is 0 Å². The second-order valence-corrected chi connectivity index (χ2v) is 3.14. The lowest BCUT2D eigenvalue weighted by molar-refractivity contribution is -0.145. The van der Waals surface area contributed by atoms with Gasteiger partial charge < -0.3 is 19.9 Å². The van der Waals surface area contributed by atoms with Gasteiger partial charge in [-0.3, -0.25) is 4.79 Å². The standard InChI is InChI=1S/C10H21NO4/c1-3-9(11)10(12)15-6-4-5-14-8-7-13-2/h9H,3-8,11H2,1-2H3. The predicted octanol–water partition coefficient (Wildman–Crippen LogP) is 0.320. The van der Waals surface area contributed by atoms with Gasteiger partial charge in [-0.1, -0.05) is 6.92 Å². The fourth-order valence-electron chi connectivity index (χ4n) is 0.852. The van der Waals surface area contributed by atoms with Crippen LogP contribution in [0, 0.1) is 0 Å². The summed E-state index contributed by atoms with van der Waals surface area (Å²) in [6.45, 7) is 3.93. The molecule has 0 aliphatic heterocycles. The summed E-state index contributed by atoms with van der Waals surface area (Å²) in [7, 11) is 1.62. The Morgan fingerprint density at radius 2 is 2.00 bits per heavy atom. The summed E-state index contributed by atoms with van der Waals surface area (Å²) < 4.78 is 14.9. The van der Waals surface area contributed by atoms with Crippen LogP contribution < -0.4 is 5.73 Å². The third kappa shape index (κ3) is 8.35. The Kier molecular flexibility index (Phi) is 9.46. The first kappa shape index (κ1) is 14.3. The minimum atomic E-state index is -0.501. The van der Waals surface area contributed by atoms with Crippen LogP contribution in [0.4, 0.5) is 0 Å². The molecule has 1 atom stereocenters. The molecule has 5 heteroatoms. The lowest BCUT2D eigenvalue weighted by atomic mass is 10.2. The zero-order valence-electron chi connectivity index (χ0n) is 9.53. The van der Waals surface area contributed by atoms with Crippen molar-refractivity contribution >= 4 is 5.97 Å². The number of carbonyl (C=O) groups excluding carboxylic acids is 1. The third-order valence-corrected chi connectivity index (χ3v) is 1.85. The van der Waals surface area contributed by atoms with Gasteiger partial charge in [0, 0.05) is 20.1 Å². The van der Waals surface area contributed by atoms with Gasteiger partial charge in [-0.05, 0) is 6.42 Å². The molecule has 2 N–H and O–H groups in total. The molecule has 0 radical (unpaired) electrons. The molecule has 15 heavy (non-hydrogen) atoms. The lowest BCUT2D eigenvalue weighted by Gasteiger charge is -2.09. The highest BCUT2D eigenvalue weighted by Gasteiger charge is 2.11. The Hall–Kier alpha value is -0.650. The largest absolute Gasteiger partial charge is 0.464 e. The molecule has 0 aromatic carbocycles. The Balaban J connectivity index is 3.20. The fraction of sp³-hybridized carbons (Fsp3) is 0.900. The van der Waals surface area contributed by atoms with E-state index in [1.807, 2.05) is 6.92 Å². The van der Waals surface area contributed by atoms with Crippen LogP contribution in [0.2, 0.25) is 0 Å². The Labute approximate surface area is 90.9 Å². The van der Waals surface area contributed by atoms with Crippen molar-refractivity contribution < 1.29 is 19.0 Å². The summed E-state index contributed by atoms with van der Waals surface area (Å²) in [5, 5.41) is 0. The summed E-state index contributed by atoms with van der Waals surface area (Å²) in [6.07, 6.45) is 1.29. The van der Waals surface area contributed by atoms with Crippen LogP contribution in [0.3, 0.4) is 0 Å². The van der Waals surface area contributed by atoms with Gasteiger partial charge in [-0.15, -0.1) is 0 Å². The first-order valence-corrected chi connectivity index (χ1v) is 5.21. The van der Waals surface area contributed by atoms with Gasteiger partial charge in [0.25, 0.3) is 0 Å². The topological polar surface area (TPSA) is 70.8 Å². The van der Waals surface area contributed by atoms with E-state index in [1.165, 1.54) is 0 Å². The molecule has 90 valence electrons. The number of nitrogens with two attached hydrogens (primary N) is 1. The average Bonchev–Trinajstić information content (AvgIpc) is 2.26. The smallest absolute Gasteiger partial charge is 0.322 e. The number of ether oxygens (including phenoxy) is 3. The molecule has 0 aromatic rings. The van der Waals surface area contributed by atoms with E-state index in [2.05, 4.69) is 0 Å². The van der Waals surface area contributed by atoms with Crippen LogP contribution in [-0.2, 0) is 19.0 Å². The molecule has 0 aliphatic carbocycles. The van der Waals surface area contributed by atoms with Gasteiger partial charge in [-0.2, -0.15) is 0 Å². The molecule has 0 aliphatic rings. The molecule has 5 nitrogen and oxygen atoms in total. The maximum Gasteiger partial charge on any atom is 0.322 e. The monoisotopic (exact) mass is 219 g/mol. The first-order valence-electron chi connectivity index (χ1n) is 5.21. The number of hydrogen-bond acceptors (Lipinski definition) is 5. The molecule has 0 saturated heterocycles. The van der Waals surface area contributed by atoms with Crippen molar-refractivity contribution in [2.75, 3.05) is 33.5 Å². The fourth-order valence-corrected chi connectivity index (χ4v) is 0.852. The van der Waals surface area contributed by atoms with E-state index < -0.39 is 6.04 Å². The molecule has 0 saturated carbocycles. The number of esters is 1. The Morgan fingerprint density at radius 1 is 1.27 bits per heavy atom. The van der Waals surface area contributed by atoms with Crippen molar-refractivity contribution in [3.63, 3.8) is 0 Å². The van der Waals surface area contributed by atoms with Crippen molar-refractivity contribution in [1.82, 2.24) is 0 Å². The van der Waals surface area contributed by atoms with Crippen molar-refractivity contribution in [1.29, 1.82) is 0 Å².